The van der Waals surface area contributed by atoms with Gasteiger partial charge < -0.3 is 5.32 Å². The molecule has 0 bridgehead atoms. The molecule has 0 aromatic rings. The van der Waals surface area contributed by atoms with Crippen molar-refractivity contribution >= 4 is 11.6 Å². The summed E-state index contributed by atoms with van der Waals surface area (Å²) in [7, 11) is 0. The van der Waals surface area contributed by atoms with Crippen LogP contribution in [0.15, 0.2) is 47.2 Å². The van der Waals surface area contributed by atoms with Gasteiger partial charge in [-0.25, -0.2) is 0 Å². The molecule has 13 heavy (non-hydrogen) atoms. The maximum atomic E-state index is 5.92. The number of likely N-dealkylation sites (N-methyl/N-ethyl adjacent to an activating group) is 1. The molecule has 1 nitrogen and oxygen atoms in total. The maximum Gasteiger partial charge on any atom is 0.0409 e. The molecular weight excluding hydrogens is 182 g/mol. The lowest BCUT2D eigenvalue weighted by Crippen LogP contribution is -2.12. The molecule has 1 aliphatic rings. The maximum absolute atomic E-state index is 5.92. The average molecular weight is 196 g/mol. The van der Waals surface area contributed by atoms with Crippen LogP contribution in [-0.4, -0.2) is 6.54 Å². The summed E-state index contributed by atoms with van der Waals surface area (Å²) >= 11 is 5.92. The predicted molar refractivity (Wildman–Crippen MR) is 58.6 cm³/mol. The van der Waals surface area contributed by atoms with E-state index in [-0.39, 0.29) is 0 Å². The van der Waals surface area contributed by atoms with E-state index in [1.807, 2.05) is 25.2 Å². The Kier molecular flexibility index (Phi) is 3.84. The van der Waals surface area contributed by atoms with Gasteiger partial charge in [-0.2, -0.15) is 0 Å². The van der Waals surface area contributed by atoms with Crippen molar-refractivity contribution in [1.82, 2.24) is 5.32 Å². The van der Waals surface area contributed by atoms with Gasteiger partial charge >= 0.3 is 0 Å². The van der Waals surface area contributed by atoms with Crippen LogP contribution in [0, 0.1) is 0 Å². The van der Waals surface area contributed by atoms with Gasteiger partial charge in [0, 0.05) is 17.3 Å². The third-order valence-electron chi connectivity index (χ3n) is 1.78. The minimum Gasteiger partial charge on any atom is -0.385 e. The van der Waals surface area contributed by atoms with Crippen molar-refractivity contribution in [2.24, 2.45) is 0 Å². The topological polar surface area (TPSA) is 12.0 Å². The Hall–Kier alpha value is -0.950. The predicted octanol–water partition coefficient (Wildman–Crippen LogP) is 3.12. The smallest absolute Gasteiger partial charge is 0.0409 e. The van der Waals surface area contributed by atoms with Gasteiger partial charge in [0.05, 0.1) is 0 Å². The fraction of sp³-hybridized carbons (Fsp3) is 0.273. The Labute approximate surface area is 84.5 Å². The van der Waals surface area contributed by atoms with Crippen LogP contribution in [-0.2, 0) is 0 Å². The van der Waals surface area contributed by atoms with Crippen LogP contribution >= 0.6 is 11.6 Å². The van der Waals surface area contributed by atoms with Gasteiger partial charge in [0.1, 0.15) is 0 Å². The number of halogens is 1. The van der Waals surface area contributed by atoms with Crippen LogP contribution in [0.1, 0.15) is 13.3 Å². The van der Waals surface area contributed by atoms with Crippen molar-refractivity contribution in [2.45, 2.75) is 13.3 Å². The van der Waals surface area contributed by atoms with E-state index >= 15 is 0 Å². The van der Waals surface area contributed by atoms with Gasteiger partial charge in [-0.1, -0.05) is 30.3 Å². The molecule has 0 aromatic heterocycles. The molecule has 0 atom stereocenters. The van der Waals surface area contributed by atoms with Crippen LogP contribution in [0.3, 0.4) is 0 Å². The molecule has 1 aliphatic carbocycles. The largest absolute Gasteiger partial charge is 0.385 e. The monoisotopic (exact) mass is 195 g/mol. The quantitative estimate of drug-likeness (QED) is 0.730. The normalized spacial score (nSPS) is 15.8. The number of rotatable bonds is 3. The van der Waals surface area contributed by atoms with Gasteiger partial charge in [-0.15, -0.1) is 0 Å². The molecule has 0 aromatic carbocycles. The third-order valence-corrected chi connectivity index (χ3v) is 2.02. The summed E-state index contributed by atoms with van der Waals surface area (Å²) in [6.45, 7) is 6.87. The fourth-order valence-corrected chi connectivity index (χ4v) is 1.36. The van der Waals surface area contributed by atoms with Gasteiger partial charge in [-0.3, -0.25) is 0 Å². The molecule has 0 amide bonds. The van der Waals surface area contributed by atoms with Crippen molar-refractivity contribution in [3.8, 4) is 0 Å². The Morgan fingerprint density at radius 1 is 1.69 bits per heavy atom. The molecule has 0 aliphatic heterocycles. The van der Waals surface area contributed by atoms with E-state index < -0.39 is 0 Å². The first-order valence-corrected chi connectivity index (χ1v) is 4.79. The standard InChI is InChI=1S/C11H14ClN/c1-3-13-9(2)10-6-4-5-7-11(12)8-10/h5-8,13H,2-4H2,1H3. The van der Waals surface area contributed by atoms with Crippen molar-refractivity contribution in [3.63, 3.8) is 0 Å². The lowest BCUT2D eigenvalue weighted by atomic mass is 10.1. The Morgan fingerprint density at radius 3 is 3.15 bits per heavy atom. The first-order valence-electron chi connectivity index (χ1n) is 4.41. The van der Waals surface area contributed by atoms with E-state index in [9.17, 15) is 0 Å². The number of allylic oxidation sites excluding steroid dienone is 5. The van der Waals surface area contributed by atoms with Crippen LogP contribution in [0.2, 0.25) is 0 Å². The second-order valence-corrected chi connectivity index (χ2v) is 3.27. The van der Waals surface area contributed by atoms with Crippen molar-refractivity contribution in [2.75, 3.05) is 6.54 Å². The highest BCUT2D eigenvalue weighted by atomic mass is 35.5. The second-order valence-electron chi connectivity index (χ2n) is 2.84. The van der Waals surface area contributed by atoms with Crippen molar-refractivity contribution in [1.29, 1.82) is 0 Å². The summed E-state index contributed by atoms with van der Waals surface area (Å²) in [6, 6.07) is 0. The van der Waals surface area contributed by atoms with Gasteiger partial charge in [0.2, 0.25) is 0 Å². The highest BCUT2D eigenvalue weighted by Crippen LogP contribution is 2.17. The van der Waals surface area contributed by atoms with Crippen molar-refractivity contribution in [3.05, 3.63) is 47.2 Å². The highest BCUT2D eigenvalue weighted by molar-refractivity contribution is 6.31. The highest BCUT2D eigenvalue weighted by Gasteiger charge is 2.00. The molecule has 2 heteroatoms. The van der Waals surface area contributed by atoms with E-state index in [4.69, 9.17) is 11.6 Å². The molecule has 0 unspecified atom stereocenters. The zero-order chi connectivity index (χ0) is 9.68. The molecule has 70 valence electrons. The van der Waals surface area contributed by atoms with E-state index in [0.717, 1.165) is 29.3 Å². The summed E-state index contributed by atoms with van der Waals surface area (Å²) in [5, 5.41) is 3.92. The average Bonchev–Trinajstić information content (AvgIpc) is 2.30. The molecule has 0 saturated heterocycles. The molecule has 1 rings (SSSR count). The summed E-state index contributed by atoms with van der Waals surface area (Å²) in [4.78, 5) is 0. The number of hydrogen-bond donors (Lipinski definition) is 1. The summed E-state index contributed by atoms with van der Waals surface area (Å²) in [5.41, 5.74) is 2.02. The Bertz CT molecular complexity index is 284. The molecule has 0 fully saturated rings. The van der Waals surface area contributed by atoms with Gasteiger partial charge in [-0.05, 0) is 31.1 Å². The number of hydrogen-bond acceptors (Lipinski definition) is 1. The minimum absolute atomic E-state index is 0.753. The van der Waals surface area contributed by atoms with E-state index in [1.54, 1.807) is 0 Å². The lowest BCUT2D eigenvalue weighted by Gasteiger charge is -2.07. The van der Waals surface area contributed by atoms with E-state index in [2.05, 4.69) is 18.0 Å². The second kappa shape index (κ2) is 4.93. The minimum atomic E-state index is 0.753. The third kappa shape index (κ3) is 3.11. The van der Waals surface area contributed by atoms with Crippen LogP contribution in [0.4, 0.5) is 0 Å². The molecule has 0 radical (unpaired) electrons. The van der Waals surface area contributed by atoms with Crippen molar-refractivity contribution < 1.29 is 0 Å². The zero-order valence-electron chi connectivity index (χ0n) is 7.81. The van der Waals surface area contributed by atoms with E-state index in [1.165, 1.54) is 0 Å². The van der Waals surface area contributed by atoms with Crippen LogP contribution in [0.5, 0.6) is 0 Å². The van der Waals surface area contributed by atoms with Crippen LogP contribution < -0.4 is 5.32 Å². The molecular formula is C11H14ClN. The van der Waals surface area contributed by atoms with Gasteiger partial charge in [0.15, 0.2) is 0 Å². The van der Waals surface area contributed by atoms with E-state index in [0.29, 0.717) is 0 Å². The fourth-order valence-electron chi connectivity index (χ4n) is 1.16. The first-order chi connectivity index (χ1) is 6.24. The Balaban J connectivity index is 2.75. The SMILES string of the molecule is C=C(NCC)C1=CCC=CC(Cl)=C1. The molecule has 1 N–H and O–H groups in total. The van der Waals surface area contributed by atoms with Gasteiger partial charge in [0.25, 0.3) is 0 Å². The van der Waals surface area contributed by atoms with Crippen LogP contribution in [0.25, 0.3) is 0 Å². The summed E-state index contributed by atoms with van der Waals surface area (Å²) in [6.07, 6.45) is 8.88. The molecule has 0 saturated carbocycles. The molecule has 0 spiro atoms. The summed E-state index contributed by atoms with van der Waals surface area (Å²) < 4.78 is 0. The zero-order valence-corrected chi connectivity index (χ0v) is 8.56. The Morgan fingerprint density at radius 2 is 2.46 bits per heavy atom. The summed E-state index contributed by atoms with van der Waals surface area (Å²) in [5.74, 6) is 0. The lowest BCUT2D eigenvalue weighted by molar-refractivity contribution is 0.872. The molecule has 0 heterocycles. The number of nitrogens with one attached hydrogen (secondary N) is 1. The first kappa shape index (κ1) is 10.1.